The van der Waals surface area contributed by atoms with Crippen molar-refractivity contribution < 1.29 is 70.1 Å². The van der Waals surface area contributed by atoms with E-state index in [9.17, 15) is 60.7 Å². The molecule has 1 aliphatic heterocycles. The van der Waals surface area contributed by atoms with Gasteiger partial charge in [-0.3, -0.25) is 4.79 Å². The lowest BCUT2D eigenvalue weighted by Gasteiger charge is -2.38. The van der Waals surface area contributed by atoms with Crippen LogP contribution in [0.15, 0.2) is 60.2 Å². The molecule has 10 N–H and O–H groups in total. The number of aliphatic hydroxyl groups excluding tert-OH is 3. The van der Waals surface area contributed by atoms with E-state index in [1.165, 1.54) is 48.6 Å². The summed E-state index contributed by atoms with van der Waals surface area (Å²) < 4.78 is 10.5. The van der Waals surface area contributed by atoms with E-state index in [0.29, 0.717) is 5.56 Å². The third-order valence-electron chi connectivity index (χ3n) is 8.54. The Hall–Kier alpha value is -5.28. The van der Waals surface area contributed by atoms with Gasteiger partial charge >= 0.3 is 11.9 Å². The minimum absolute atomic E-state index is 0.0267. The first kappa shape index (κ1) is 34.1. The van der Waals surface area contributed by atoms with Gasteiger partial charge in [-0.2, -0.15) is 0 Å². The van der Waals surface area contributed by atoms with Crippen LogP contribution < -0.4 is 4.74 Å². The second-order valence-electron chi connectivity index (χ2n) is 11.8. The van der Waals surface area contributed by atoms with E-state index in [-0.39, 0.29) is 46.1 Å². The largest absolute Gasteiger partial charge is 0.508 e. The summed E-state index contributed by atoms with van der Waals surface area (Å²) in [5, 5.41) is 102. The number of hydrogen-bond donors (Lipinski definition) is 10. The van der Waals surface area contributed by atoms with Crippen LogP contribution in [-0.4, -0.2) is 93.7 Å². The number of allylic oxidation sites excluding steroid dienone is 2. The molecule has 1 saturated heterocycles. The molecule has 0 spiro atoms. The van der Waals surface area contributed by atoms with Crippen LogP contribution in [0.25, 0.3) is 12.2 Å². The van der Waals surface area contributed by atoms with Crippen molar-refractivity contribution in [2.24, 2.45) is 5.92 Å². The predicted octanol–water partition coefficient (Wildman–Crippen LogP) is 2.57. The molecule has 48 heavy (non-hydrogen) atoms. The molecule has 0 bridgehead atoms. The fourth-order valence-corrected chi connectivity index (χ4v) is 6.23. The first-order chi connectivity index (χ1) is 22.7. The molecular weight excluding hydrogens is 632 g/mol. The Balaban J connectivity index is 1.37. The highest BCUT2D eigenvalue weighted by atomic mass is 16.7. The van der Waals surface area contributed by atoms with Gasteiger partial charge in [0.25, 0.3) is 0 Å². The number of carbonyl (C=O) groups is 2. The number of carboxylic acids is 2. The molecule has 1 heterocycles. The van der Waals surface area contributed by atoms with Crippen LogP contribution in [0.5, 0.6) is 34.5 Å². The highest BCUT2D eigenvalue weighted by Gasteiger charge is 2.48. The minimum Gasteiger partial charge on any atom is -0.508 e. The highest BCUT2D eigenvalue weighted by Crippen LogP contribution is 2.51. The summed E-state index contributed by atoms with van der Waals surface area (Å²) in [6, 6.07) is 10.4. The van der Waals surface area contributed by atoms with Crippen molar-refractivity contribution in [3.05, 3.63) is 82.4 Å². The molecule has 8 atom stereocenters. The summed E-state index contributed by atoms with van der Waals surface area (Å²) in [6.07, 6.45) is -4.29. The standard InChI is InChI=1S/C34H34O14/c1-14-8-20(19-7-5-17(35)12-23(19)37)26(32(43)44)21(9-14)27-24(38)10-15(11-25(27)39)2-3-16-4-6-18(13-22(16)36)47-34-30(42)28(40)29(41)31(48-34)33(45)46/h2-7,9-13,20-21,26,28-31,34-42H,8H2,1H3,(H,43,44)(H,45,46)/b3-2+. The molecule has 0 radical (unpaired) electrons. The predicted molar refractivity (Wildman–Crippen MR) is 167 cm³/mol. The summed E-state index contributed by atoms with van der Waals surface area (Å²) in [7, 11) is 0. The molecule has 8 unspecified atom stereocenters. The fourth-order valence-electron chi connectivity index (χ4n) is 6.23. The molecule has 0 amide bonds. The zero-order valence-electron chi connectivity index (χ0n) is 25.3. The SMILES string of the molecule is CC1=CC(c2c(O)cc(/C=C/c3ccc(OC4OC(C(=O)O)C(O)C(O)C4O)cc3O)cc2O)C(C(=O)O)C(c2ccc(O)cc2O)C1. The van der Waals surface area contributed by atoms with Crippen LogP contribution in [0.1, 0.15) is 47.4 Å². The van der Waals surface area contributed by atoms with E-state index in [1.54, 1.807) is 13.0 Å². The Morgan fingerprint density at radius 3 is 2.08 bits per heavy atom. The van der Waals surface area contributed by atoms with Crippen LogP contribution >= 0.6 is 0 Å². The molecule has 1 aliphatic carbocycles. The molecule has 0 aromatic heterocycles. The molecule has 3 aromatic carbocycles. The van der Waals surface area contributed by atoms with Gasteiger partial charge in [-0.1, -0.05) is 29.9 Å². The van der Waals surface area contributed by atoms with E-state index in [2.05, 4.69) is 0 Å². The number of phenolic OH excluding ortho intramolecular Hbond substituents is 5. The second-order valence-corrected chi connectivity index (χ2v) is 11.8. The summed E-state index contributed by atoms with van der Waals surface area (Å²) >= 11 is 0. The Labute approximate surface area is 272 Å². The molecule has 1 fully saturated rings. The van der Waals surface area contributed by atoms with E-state index in [4.69, 9.17) is 9.47 Å². The Morgan fingerprint density at radius 1 is 0.792 bits per heavy atom. The molecule has 5 rings (SSSR count). The molecule has 0 saturated carbocycles. The number of aliphatic carboxylic acids is 2. The number of aromatic hydroxyl groups is 5. The van der Waals surface area contributed by atoms with Crippen molar-refractivity contribution in [1.29, 1.82) is 0 Å². The first-order valence-corrected chi connectivity index (χ1v) is 14.7. The summed E-state index contributed by atoms with van der Waals surface area (Å²) in [5.74, 6) is -7.35. The van der Waals surface area contributed by atoms with Gasteiger partial charge in [-0.05, 0) is 54.8 Å². The van der Waals surface area contributed by atoms with Gasteiger partial charge in [0.1, 0.15) is 52.8 Å². The van der Waals surface area contributed by atoms with E-state index in [0.717, 1.165) is 17.7 Å². The zero-order valence-corrected chi connectivity index (χ0v) is 25.3. The lowest BCUT2D eigenvalue weighted by molar-refractivity contribution is -0.271. The van der Waals surface area contributed by atoms with Crippen molar-refractivity contribution in [2.45, 2.75) is 55.9 Å². The highest BCUT2D eigenvalue weighted by molar-refractivity contribution is 5.77. The van der Waals surface area contributed by atoms with Gasteiger partial charge in [-0.25, -0.2) is 4.79 Å². The van der Waals surface area contributed by atoms with Crippen LogP contribution in [0.2, 0.25) is 0 Å². The van der Waals surface area contributed by atoms with Crippen LogP contribution in [-0.2, 0) is 14.3 Å². The van der Waals surface area contributed by atoms with Crippen molar-refractivity contribution in [3.8, 4) is 34.5 Å². The second kappa shape index (κ2) is 13.4. The number of benzene rings is 3. The number of aliphatic hydroxyl groups is 3. The lowest BCUT2D eigenvalue weighted by atomic mass is 9.68. The van der Waals surface area contributed by atoms with Crippen LogP contribution in [0.3, 0.4) is 0 Å². The van der Waals surface area contributed by atoms with E-state index in [1.807, 2.05) is 0 Å². The number of hydrogen-bond acceptors (Lipinski definition) is 12. The fraction of sp³-hybridized carbons (Fsp3) is 0.294. The first-order valence-electron chi connectivity index (χ1n) is 14.7. The maximum atomic E-state index is 12.6. The average molecular weight is 667 g/mol. The van der Waals surface area contributed by atoms with Crippen molar-refractivity contribution in [2.75, 3.05) is 0 Å². The summed E-state index contributed by atoms with van der Waals surface area (Å²) in [4.78, 5) is 23.9. The zero-order chi connectivity index (χ0) is 35.0. The maximum absolute atomic E-state index is 12.6. The number of carboxylic acid groups (broad SMARTS) is 2. The van der Waals surface area contributed by atoms with Crippen LogP contribution in [0.4, 0.5) is 0 Å². The van der Waals surface area contributed by atoms with Gasteiger partial charge in [0, 0.05) is 35.1 Å². The lowest BCUT2D eigenvalue weighted by Crippen LogP contribution is -2.61. The molecule has 14 nitrogen and oxygen atoms in total. The Bertz CT molecular complexity index is 1760. The quantitative estimate of drug-likeness (QED) is 0.123. The number of rotatable bonds is 8. The third kappa shape index (κ3) is 6.73. The number of ether oxygens (including phenoxy) is 2. The van der Waals surface area contributed by atoms with Gasteiger partial charge in [0.15, 0.2) is 6.10 Å². The van der Waals surface area contributed by atoms with Crippen LogP contribution in [0, 0.1) is 5.92 Å². The number of phenols is 5. The van der Waals surface area contributed by atoms with Crippen molar-refractivity contribution in [3.63, 3.8) is 0 Å². The minimum atomic E-state index is -1.90. The normalized spacial score (nSPS) is 27.4. The van der Waals surface area contributed by atoms with Gasteiger partial charge in [0.05, 0.1) is 5.92 Å². The topological polar surface area (TPSA) is 255 Å². The van der Waals surface area contributed by atoms with Crippen molar-refractivity contribution in [1.82, 2.24) is 0 Å². The molecule has 14 heteroatoms. The monoisotopic (exact) mass is 666 g/mol. The van der Waals surface area contributed by atoms with Crippen molar-refractivity contribution >= 4 is 24.1 Å². The Morgan fingerprint density at radius 2 is 1.48 bits per heavy atom. The average Bonchev–Trinajstić information content (AvgIpc) is 3.00. The maximum Gasteiger partial charge on any atom is 0.335 e. The third-order valence-corrected chi connectivity index (χ3v) is 8.54. The van der Waals surface area contributed by atoms with Gasteiger partial charge < -0.3 is 60.5 Å². The van der Waals surface area contributed by atoms with E-state index < -0.39 is 71.9 Å². The summed E-state index contributed by atoms with van der Waals surface area (Å²) in [6.45, 7) is 1.77. The molecule has 254 valence electrons. The van der Waals surface area contributed by atoms with Gasteiger partial charge in [0.2, 0.25) is 6.29 Å². The molecule has 2 aliphatic rings. The van der Waals surface area contributed by atoms with Gasteiger partial charge in [-0.15, -0.1) is 0 Å². The Kier molecular flexibility index (Phi) is 9.54. The van der Waals surface area contributed by atoms with E-state index >= 15 is 0 Å². The summed E-state index contributed by atoms with van der Waals surface area (Å²) in [5.41, 5.74) is 1.57. The smallest absolute Gasteiger partial charge is 0.335 e. The molecular formula is C34H34O14. The molecule has 3 aromatic rings.